The zero-order valence-electron chi connectivity index (χ0n) is 11.3. The third-order valence-electron chi connectivity index (χ3n) is 2.80. The Bertz CT molecular complexity index is 601. The molecule has 0 saturated heterocycles. The van der Waals surface area contributed by atoms with Gasteiger partial charge in [-0.05, 0) is 29.8 Å². The summed E-state index contributed by atoms with van der Waals surface area (Å²) in [5.74, 6) is 0.599. The molecule has 0 radical (unpaired) electrons. The first-order chi connectivity index (χ1) is 10.1. The summed E-state index contributed by atoms with van der Waals surface area (Å²) in [7, 11) is 0. The third kappa shape index (κ3) is 5.40. The smallest absolute Gasteiger partial charge is 0.224 e. The quantitative estimate of drug-likeness (QED) is 0.787. The number of amides is 1. The standard InChI is InChI=1S/C16H15BrClNO2/c17-13-7-5-12(6-8-13)11-16(20)19-9-10-21-15-4-2-1-3-14(15)18/h1-8H,9-11H2,(H,19,20). The summed E-state index contributed by atoms with van der Waals surface area (Å²) in [6, 6.07) is 14.9. The molecular weight excluding hydrogens is 354 g/mol. The van der Waals surface area contributed by atoms with Crippen LogP contribution in [0.4, 0.5) is 0 Å². The van der Waals surface area contributed by atoms with Gasteiger partial charge >= 0.3 is 0 Å². The summed E-state index contributed by atoms with van der Waals surface area (Å²) in [6.45, 7) is 0.830. The van der Waals surface area contributed by atoms with Crippen molar-refractivity contribution >= 4 is 33.4 Å². The number of benzene rings is 2. The van der Waals surface area contributed by atoms with Crippen molar-refractivity contribution in [3.63, 3.8) is 0 Å². The Morgan fingerprint density at radius 3 is 2.57 bits per heavy atom. The fourth-order valence-electron chi connectivity index (χ4n) is 1.76. The predicted octanol–water partition coefficient (Wildman–Crippen LogP) is 3.84. The van der Waals surface area contributed by atoms with Crippen molar-refractivity contribution in [1.82, 2.24) is 5.32 Å². The van der Waals surface area contributed by atoms with Crippen molar-refractivity contribution < 1.29 is 9.53 Å². The van der Waals surface area contributed by atoms with Crippen molar-refractivity contribution in [3.05, 3.63) is 63.6 Å². The van der Waals surface area contributed by atoms with Crippen LogP contribution in [0.5, 0.6) is 5.75 Å². The zero-order valence-corrected chi connectivity index (χ0v) is 13.7. The van der Waals surface area contributed by atoms with Crippen molar-refractivity contribution in [2.24, 2.45) is 0 Å². The van der Waals surface area contributed by atoms with Crippen LogP contribution in [0.2, 0.25) is 5.02 Å². The molecule has 1 amide bonds. The molecule has 0 heterocycles. The summed E-state index contributed by atoms with van der Waals surface area (Å²) in [6.07, 6.45) is 0.360. The first-order valence-electron chi connectivity index (χ1n) is 6.53. The van der Waals surface area contributed by atoms with Gasteiger partial charge in [0.05, 0.1) is 18.0 Å². The minimum atomic E-state index is -0.0277. The number of para-hydroxylation sites is 1. The van der Waals surface area contributed by atoms with E-state index in [1.165, 1.54) is 0 Å². The van der Waals surface area contributed by atoms with Gasteiger partial charge in [-0.3, -0.25) is 4.79 Å². The number of hydrogen-bond donors (Lipinski definition) is 1. The van der Waals surface area contributed by atoms with Crippen LogP contribution in [-0.4, -0.2) is 19.1 Å². The van der Waals surface area contributed by atoms with Crippen molar-refractivity contribution in [1.29, 1.82) is 0 Å². The van der Waals surface area contributed by atoms with Crippen molar-refractivity contribution in [2.45, 2.75) is 6.42 Å². The molecule has 2 aromatic carbocycles. The van der Waals surface area contributed by atoms with Gasteiger partial charge in [0, 0.05) is 4.47 Å². The highest BCUT2D eigenvalue weighted by Crippen LogP contribution is 2.22. The van der Waals surface area contributed by atoms with E-state index in [0.717, 1.165) is 10.0 Å². The first-order valence-corrected chi connectivity index (χ1v) is 7.71. The lowest BCUT2D eigenvalue weighted by Crippen LogP contribution is -2.29. The molecule has 3 nitrogen and oxygen atoms in total. The number of carbonyl (C=O) groups is 1. The van der Waals surface area contributed by atoms with E-state index in [9.17, 15) is 4.79 Å². The highest BCUT2D eigenvalue weighted by atomic mass is 79.9. The van der Waals surface area contributed by atoms with Crippen molar-refractivity contribution in [3.8, 4) is 5.75 Å². The summed E-state index contributed by atoms with van der Waals surface area (Å²) < 4.78 is 6.50. The van der Waals surface area contributed by atoms with E-state index in [1.54, 1.807) is 12.1 Å². The number of rotatable bonds is 6. The molecule has 0 aromatic heterocycles. The first kappa shape index (κ1) is 15.9. The van der Waals surface area contributed by atoms with Gasteiger partial charge in [-0.2, -0.15) is 0 Å². The van der Waals surface area contributed by atoms with Crippen LogP contribution in [0.25, 0.3) is 0 Å². The molecular formula is C16H15BrClNO2. The number of nitrogens with one attached hydrogen (secondary N) is 1. The van der Waals surface area contributed by atoms with Crippen LogP contribution < -0.4 is 10.1 Å². The average Bonchev–Trinajstić information content (AvgIpc) is 2.48. The monoisotopic (exact) mass is 367 g/mol. The van der Waals surface area contributed by atoms with Gasteiger partial charge in [0.1, 0.15) is 12.4 Å². The van der Waals surface area contributed by atoms with Gasteiger partial charge in [0.2, 0.25) is 5.91 Å². The minimum absolute atomic E-state index is 0.0277. The maximum atomic E-state index is 11.8. The molecule has 0 fully saturated rings. The lowest BCUT2D eigenvalue weighted by molar-refractivity contribution is -0.120. The third-order valence-corrected chi connectivity index (χ3v) is 3.64. The summed E-state index contributed by atoms with van der Waals surface area (Å²) in [5.41, 5.74) is 0.975. The van der Waals surface area contributed by atoms with E-state index in [1.807, 2.05) is 36.4 Å². The fraction of sp³-hybridized carbons (Fsp3) is 0.188. The van der Waals surface area contributed by atoms with E-state index in [-0.39, 0.29) is 5.91 Å². The second kappa shape index (κ2) is 8.05. The van der Waals surface area contributed by atoms with Crippen LogP contribution in [0.3, 0.4) is 0 Å². The van der Waals surface area contributed by atoms with Gasteiger partial charge in [0.15, 0.2) is 0 Å². The van der Waals surface area contributed by atoms with E-state index in [2.05, 4.69) is 21.2 Å². The number of hydrogen-bond acceptors (Lipinski definition) is 2. The molecule has 0 aliphatic rings. The maximum absolute atomic E-state index is 11.8. The molecule has 2 aromatic rings. The lowest BCUT2D eigenvalue weighted by atomic mass is 10.1. The van der Waals surface area contributed by atoms with Crippen LogP contribution in [0.15, 0.2) is 53.0 Å². The molecule has 0 bridgehead atoms. The SMILES string of the molecule is O=C(Cc1ccc(Br)cc1)NCCOc1ccccc1Cl. The minimum Gasteiger partial charge on any atom is -0.490 e. The predicted molar refractivity (Wildman–Crippen MR) is 87.8 cm³/mol. The molecule has 0 aliphatic carbocycles. The van der Waals surface area contributed by atoms with Gasteiger partial charge in [-0.25, -0.2) is 0 Å². The van der Waals surface area contributed by atoms with Crippen LogP contribution in [0, 0.1) is 0 Å². The molecule has 0 atom stereocenters. The highest BCUT2D eigenvalue weighted by molar-refractivity contribution is 9.10. The number of halogens is 2. The molecule has 0 aliphatic heterocycles. The molecule has 1 N–H and O–H groups in total. The molecule has 0 unspecified atom stereocenters. The molecule has 110 valence electrons. The van der Waals surface area contributed by atoms with Crippen LogP contribution >= 0.6 is 27.5 Å². The molecule has 5 heteroatoms. The maximum Gasteiger partial charge on any atom is 0.224 e. The molecule has 0 saturated carbocycles. The second-order valence-electron chi connectivity index (χ2n) is 4.43. The van der Waals surface area contributed by atoms with Gasteiger partial charge < -0.3 is 10.1 Å². The zero-order chi connectivity index (χ0) is 15.1. The van der Waals surface area contributed by atoms with E-state index in [0.29, 0.717) is 30.3 Å². The average molecular weight is 369 g/mol. The largest absolute Gasteiger partial charge is 0.490 e. The summed E-state index contributed by atoms with van der Waals surface area (Å²) in [4.78, 5) is 11.8. The van der Waals surface area contributed by atoms with E-state index < -0.39 is 0 Å². The van der Waals surface area contributed by atoms with Gasteiger partial charge in [-0.15, -0.1) is 0 Å². The fourth-order valence-corrected chi connectivity index (χ4v) is 2.22. The van der Waals surface area contributed by atoms with Gasteiger partial charge in [-0.1, -0.05) is 51.8 Å². The Hall–Kier alpha value is -1.52. The summed E-state index contributed by atoms with van der Waals surface area (Å²) in [5, 5.41) is 3.38. The van der Waals surface area contributed by atoms with Gasteiger partial charge in [0.25, 0.3) is 0 Å². The molecule has 0 spiro atoms. The topological polar surface area (TPSA) is 38.3 Å². The normalized spacial score (nSPS) is 10.2. The van der Waals surface area contributed by atoms with Crippen LogP contribution in [-0.2, 0) is 11.2 Å². The van der Waals surface area contributed by atoms with E-state index >= 15 is 0 Å². The van der Waals surface area contributed by atoms with E-state index in [4.69, 9.17) is 16.3 Å². The Morgan fingerprint density at radius 2 is 1.86 bits per heavy atom. The molecule has 2 rings (SSSR count). The number of ether oxygens (including phenoxy) is 1. The number of carbonyl (C=O) groups excluding carboxylic acids is 1. The Kier molecular flexibility index (Phi) is 6.08. The second-order valence-corrected chi connectivity index (χ2v) is 5.75. The molecule has 21 heavy (non-hydrogen) atoms. The van der Waals surface area contributed by atoms with Crippen molar-refractivity contribution in [2.75, 3.05) is 13.2 Å². The lowest BCUT2D eigenvalue weighted by Gasteiger charge is -2.09. The van der Waals surface area contributed by atoms with Crippen LogP contribution in [0.1, 0.15) is 5.56 Å². The Balaban J connectivity index is 1.70. The summed E-state index contributed by atoms with van der Waals surface area (Å²) >= 11 is 9.33. The highest BCUT2D eigenvalue weighted by Gasteiger charge is 2.04. The Morgan fingerprint density at radius 1 is 1.14 bits per heavy atom. The Labute approximate surface area is 137 Å².